The van der Waals surface area contributed by atoms with Gasteiger partial charge in [-0.05, 0) is 39.0 Å². The molecule has 0 saturated heterocycles. The minimum Gasteiger partial charge on any atom is -0.310 e. The zero-order valence-corrected chi connectivity index (χ0v) is 8.61. The average Bonchev–Trinajstić information content (AvgIpc) is 2.41. The van der Waals surface area contributed by atoms with Crippen molar-refractivity contribution in [3.63, 3.8) is 0 Å². The third kappa shape index (κ3) is 7.56. The molecule has 0 aliphatic heterocycles. The molecule has 0 saturated carbocycles. The smallest absolute Gasteiger partial charge is 0.00141 e. The van der Waals surface area contributed by atoms with Crippen molar-refractivity contribution in [1.29, 1.82) is 0 Å². The van der Waals surface area contributed by atoms with Crippen LogP contribution in [0, 0.1) is 6.92 Å². The fourth-order valence-corrected chi connectivity index (χ4v) is 0.890. The van der Waals surface area contributed by atoms with Crippen LogP contribution in [-0.2, 0) is 0 Å². The van der Waals surface area contributed by atoms with Crippen LogP contribution in [0.4, 0.5) is 0 Å². The number of nitrogens with zero attached hydrogens (tertiary/aromatic N) is 1. The SMILES string of the molecule is CCN(C)C.Cc1cccs1. The minimum absolute atomic E-state index is 1.14. The Morgan fingerprint density at radius 3 is 2.09 bits per heavy atom. The van der Waals surface area contributed by atoms with E-state index in [1.165, 1.54) is 4.88 Å². The van der Waals surface area contributed by atoms with Crippen molar-refractivity contribution < 1.29 is 0 Å². The highest BCUT2D eigenvalue weighted by Gasteiger charge is 1.74. The van der Waals surface area contributed by atoms with Gasteiger partial charge in [-0.25, -0.2) is 0 Å². The molecule has 0 amide bonds. The van der Waals surface area contributed by atoms with E-state index < -0.39 is 0 Å². The number of thiophene rings is 1. The van der Waals surface area contributed by atoms with Gasteiger partial charge in [0.2, 0.25) is 0 Å². The first-order valence-electron chi connectivity index (χ1n) is 3.81. The molecule has 1 rings (SSSR count). The van der Waals surface area contributed by atoms with Crippen molar-refractivity contribution in [3.05, 3.63) is 22.4 Å². The van der Waals surface area contributed by atoms with Crippen LogP contribution in [0.5, 0.6) is 0 Å². The summed E-state index contributed by atoms with van der Waals surface area (Å²) in [5, 5.41) is 2.08. The molecule has 0 aliphatic carbocycles. The summed E-state index contributed by atoms with van der Waals surface area (Å²) in [7, 11) is 4.11. The first kappa shape index (κ1) is 10.7. The van der Waals surface area contributed by atoms with Crippen LogP contribution in [-0.4, -0.2) is 25.5 Å². The lowest BCUT2D eigenvalue weighted by atomic mass is 10.5. The van der Waals surface area contributed by atoms with Crippen LogP contribution in [0.2, 0.25) is 0 Å². The van der Waals surface area contributed by atoms with Crippen LogP contribution >= 0.6 is 11.3 Å². The molecule has 0 bridgehead atoms. The molecule has 1 aromatic rings. The molecule has 2 heteroatoms. The Hall–Kier alpha value is -0.340. The first-order valence-corrected chi connectivity index (χ1v) is 4.69. The quantitative estimate of drug-likeness (QED) is 0.628. The highest BCUT2D eigenvalue weighted by atomic mass is 32.1. The standard InChI is InChI=1S/C5H6S.C4H11N/c1-5-3-2-4-6-5;1-4-5(2)3/h2-4H,1H3;4H2,1-3H3. The number of hydrogen-bond donors (Lipinski definition) is 0. The largest absolute Gasteiger partial charge is 0.310 e. The van der Waals surface area contributed by atoms with E-state index >= 15 is 0 Å². The van der Waals surface area contributed by atoms with Crippen molar-refractivity contribution >= 4 is 11.3 Å². The normalized spacial score (nSPS) is 9.18. The zero-order chi connectivity index (χ0) is 8.69. The van der Waals surface area contributed by atoms with Gasteiger partial charge in [0.25, 0.3) is 0 Å². The van der Waals surface area contributed by atoms with Gasteiger partial charge in [-0.1, -0.05) is 13.0 Å². The second-order valence-corrected chi connectivity index (χ2v) is 3.77. The van der Waals surface area contributed by atoms with E-state index in [1.54, 1.807) is 11.3 Å². The number of aryl methyl sites for hydroxylation is 1. The monoisotopic (exact) mass is 171 g/mol. The molecule has 0 N–H and O–H groups in total. The van der Waals surface area contributed by atoms with Crippen molar-refractivity contribution in [2.45, 2.75) is 13.8 Å². The Morgan fingerprint density at radius 1 is 1.45 bits per heavy atom. The van der Waals surface area contributed by atoms with E-state index in [0.717, 1.165) is 6.54 Å². The maximum Gasteiger partial charge on any atom is 0.00141 e. The number of rotatable bonds is 1. The van der Waals surface area contributed by atoms with Crippen molar-refractivity contribution in [1.82, 2.24) is 4.90 Å². The molecule has 1 heterocycles. The molecule has 0 fully saturated rings. The molecule has 0 aromatic carbocycles. The molecule has 1 nitrogen and oxygen atoms in total. The van der Waals surface area contributed by atoms with Gasteiger partial charge in [0.15, 0.2) is 0 Å². The Morgan fingerprint density at radius 2 is 2.00 bits per heavy atom. The summed E-state index contributed by atoms with van der Waals surface area (Å²) in [6.45, 7) is 5.37. The van der Waals surface area contributed by atoms with Crippen LogP contribution in [0.1, 0.15) is 11.8 Å². The maximum atomic E-state index is 2.12. The topological polar surface area (TPSA) is 3.24 Å². The molecule has 0 aliphatic rings. The Kier molecular flexibility index (Phi) is 6.18. The van der Waals surface area contributed by atoms with Gasteiger partial charge in [-0.2, -0.15) is 0 Å². The van der Waals surface area contributed by atoms with E-state index in [-0.39, 0.29) is 0 Å². The van der Waals surface area contributed by atoms with Crippen molar-refractivity contribution in [2.75, 3.05) is 20.6 Å². The maximum absolute atomic E-state index is 2.12. The molecular weight excluding hydrogens is 154 g/mol. The average molecular weight is 171 g/mol. The summed E-state index contributed by atoms with van der Waals surface area (Å²) in [5.41, 5.74) is 0. The van der Waals surface area contributed by atoms with Crippen molar-refractivity contribution in [2.24, 2.45) is 0 Å². The zero-order valence-electron chi connectivity index (χ0n) is 7.79. The predicted octanol–water partition coefficient (Wildman–Crippen LogP) is 2.62. The first-order chi connectivity index (χ1) is 5.16. The van der Waals surface area contributed by atoms with Gasteiger partial charge in [0, 0.05) is 4.88 Å². The molecule has 11 heavy (non-hydrogen) atoms. The Bertz CT molecular complexity index is 156. The highest BCUT2D eigenvalue weighted by molar-refractivity contribution is 7.09. The fourth-order valence-electron chi connectivity index (χ4n) is 0.361. The summed E-state index contributed by atoms with van der Waals surface area (Å²) < 4.78 is 0. The Balaban J connectivity index is 0.000000187. The van der Waals surface area contributed by atoms with Crippen LogP contribution in [0.3, 0.4) is 0 Å². The lowest BCUT2D eigenvalue weighted by Crippen LogP contribution is -2.08. The van der Waals surface area contributed by atoms with Crippen LogP contribution in [0.25, 0.3) is 0 Å². The van der Waals surface area contributed by atoms with Gasteiger partial charge in [-0.15, -0.1) is 11.3 Å². The van der Waals surface area contributed by atoms with E-state index in [0.29, 0.717) is 0 Å². The van der Waals surface area contributed by atoms with Gasteiger partial charge in [0.1, 0.15) is 0 Å². The lowest BCUT2D eigenvalue weighted by Gasteiger charge is -2.00. The third-order valence-corrected chi connectivity index (χ3v) is 2.10. The minimum atomic E-state index is 1.14. The molecule has 64 valence electrons. The van der Waals surface area contributed by atoms with Crippen LogP contribution < -0.4 is 0 Å². The third-order valence-electron chi connectivity index (χ3n) is 1.30. The lowest BCUT2D eigenvalue weighted by molar-refractivity contribution is 0.434. The summed E-state index contributed by atoms with van der Waals surface area (Å²) in [4.78, 5) is 3.51. The van der Waals surface area contributed by atoms with E-state index in [2.05, 4.69) is 50.4 Å². The van der Waals surface area contributed by atoms with Crippen LogP contribution in [0.15, 0.2) is 17.5 Å². The van der Waals surface area contributed by atoms with Gasteiger partial charge >= 0.3 is 0 Å². The summed E-state index contributed by atoms with van der Waals surface area (Å²) in [6, 6.07) is 4.16. The predicted molar refractivity (Wildman–Crippen MR) is 53.3 cm³/mol. The molecule has 0 spiro atoms. The van der Waals surface area contributed by atoms with E-state index in [4.69, 9.17) is 0 Å². The van der Waals surface area contributed by atoms with E-state index in [1.807, 2.05) is 0 Å². The molecular formula is C9H17NS. The molecule has 0 atom stereocenters. The van der Waals surface area contributed by atoms with Gasteiger partial charge < -0.3 is 4.90 Å². The Labute approximate surface area is 73.7 Å². The van der Waals surface area contributed by atoms with Crippen molar-refractivity contribution in [3.8, 4) is 0 Å². The summed E-state index contributed by atoms with van der Waals surface area (Å²) in [6.07, 6.45) is 0. The van der Waals surface area contributed by atoms with Gasteiger partial charge in [-0.3, -0.25) is 0 Å². The summed E-state index contributed by atoms with van der Waals surface area (Å²) >= 11 is 1.78. The highest BCUT2D eigenvalue weighted by Crippen LogP contribution is 2.03. The summed E-state index contributed by atoms with van der Waals surface area (Å²) in [5.74, 6) is 0. The molecule has 1 aromatic heterocycles. The van der Waals surface area contributed by atoms with Gasteiger partial charge in [0.05, 0.1) is 0 Å². The van der Waals surface area contributed by atoms with E-state index in [9.17, 15) is 0 Å². The molecule has 0 unspecified atom stereocenters. The second-order valence-electron chi connectivity index (χ2n) is 2.62. The fraction of sp³-hybridized carbons (Fsp3) is 0.556. The number of hydrogen-bond acceptors (Lipinski definition) is 2. The second kappa shape index (κ2) is 6.38. The molecule has 0 radical (unpaired) electrons.